The molecule has 3 heterocycles. The molecule has 1 aromatic carbocycles. The molecule has 0 amide bonds. The molecule has 1 aliphatic heterocycles. The molecule has 6 nitrogen and oxygen atoms in total. The van der Waals surface area contributed by atoms with E-state index >= 15 is 0 Å². The van der Waals surface area contributed by atoms with Gasteiger partial charge in [-0.15, -0.1) is 0 Å². The van der Waals surface area contributed by atoms with Gasteiger partial charge in [0.25, 0.3) is 5.90 Å². The van der Waals surface area contributed by atoms with Gasteiger partial charge in [0.1, 0.15) is 12.1 Å². The lowest BCUT2D eigenvalue weighted by Gasteiger charge is -2.03. The number of hydrogen-bond donors (Lipinski definition) is 0. The van der Waals surface area contributed by atoms with Crippen molar-refractivity contribution in [2.24, 2.45) is 4.99 Å². The maximum absolute atomic E-state index is 5.65. The third kappa shape index (κ3) is 2.50. The monoisotopic (exact) mass is 291 g/mol. The number of aliphatic imine (C=N–C) groups is 1. The maximum Gasteiger partial charge on any atom is 0.255 e. The van der Waals surface area contributed by atoms with Gasteiger partial charge in [0.05, 0.1) is 12.2 Å². The fourth-order valence-electron chi connectivity index (χ4n) is 2.40. The fraction of sp³-hybridized carbons (Fsp3) is 0.188. The van der Waals surface area contributed by atoms with E-state index in [1.165, 1.54) is 5.56 Å². The van der Waals surface area contributed by atoms with Crippen molar-refractivity contribution in [2.45, 2.75) is 12.5 Å². The van der Waals surface area contributed by atoms with Crippen molar-refractivity contribution >= 4 is 17.1 Å². The molecule has 0 fully saturated rings. The predicted molar refractivity (Wildman–Crippen MR) is 81.6 cm³/mol. The maximum atomic E-state index is 5.65. The van der Waals surface area contributed by atoms with Gasteiger partial charge < -0.3 is 4.74 Å². The third-order valence-corrected chi connectivity index (χ3v) is 3.44. The molecule has 0 spiro atoms. The zero-order chi connectivity index (χ0) is 14.8. The van der Waals surface area contributed by atoms with Gasteiger partial charge in [-0.2, -0.15) is 0 Å². The van der Waals surface area contributed by atoms with Crippen molar-refractivity contribution in [3.8, 4) is 0 Å². The van der Waals surface area contributed by atoms with E-state index in [1.807, 2.05) is 18.2 Å². The first-order chi connectivity index (χ1) is 10.9. The molecule has 1 aliphatic rings. The highest BCUT2D eigenvalue weighted by atomic mass is 16.5. The van der Waals surface area contributed by atoms with Crippen LogP contribution < -0.4 is 0 Å². The zero-order valence-electron chi connectivity index (χ0n) is 11.8. The summed E-state index contributed by atoms with van der Waals surface area (Å²) in [5.41, 5.74) is 2.45. The fourth-order valence-corrected chi connectivity index (χ4v) is 2.40. The second kappa shape index (κ2) is 5.48. The summed E-state index contributed by atoms with van der Waals surface area (Å²) in [6.45, 7) is 0.548. The summed E-state index contributed by atoms with van der Waals surface area (Å²) in [6.07, 6.45) is 5.71. The summed E-state index contributed by atoms with van der Waals surface area (Å²) in [7, 11) is 0. The van der Waals surface area contributed by atoms with Crippen LogP contribution in [0.25, 0.3) is 11.2 Å². The minimum absolute atomic E-state index is 0.0959. The molecule has 0 saturated carbocycles. The Bertz CT molecular complexity index is 834. The van der Waals surface area contributed by atoms with E-state index in [0.29, 0.717) is 29.5 Å². The van der Waals surface area contributed by atoms with E-state index in [9.17, 15) is 0 Å². The van der Waals surface area contributed by atoms with Gasteiger partial charge in [-0.3, -0.25) is 0 Å². The molecule has 22 heavy (non-hydrogen) atoms. The van der Waals surface area contributed by atoms with Gasteiger partial charge in [-0.05, 0) is 12.0 Å². The van der Waals surface area contributed by atoms with Crippen molar-refractivity contribution in [3.63, 3.8) is 0 Å². The molecule has 0 aliphatic carbocycles. The molecule has 0 bridgehead atoms. The number of aromatic nitrogens is 4. The Kier molecular flexibility index (Phi) is 3.19. The summed E-state index contributed by atoms with van der Waals surface area (Å²) in [4.78, 5) is 21.5. The lowest BCUT2D eigenvalue weighted by Crippen LogP contribution is -2.10. The highest BCUT2D eigenvalue weighted by Crippen LogP contribution is 2.15. The normalized spacial score (nSPS) is 17.3. The molecule has 2 aromatic heterocycles. The van der Waals surface area contributed by atoms with Gasteiger partial charge in [-0.1, -0.05) is 30.3 Å². The van der Waals surface area contributed by atoms with Crippen LogP contribution in [0, 0.1) is 0 Å². The minimum atomic E-state index is 0.0959. The molecule has 108 valence electrons. The lowest BCUT2D eigenvalue weighted by molar-refractivity contribution is 0.315. The average Bonchev–Trinajstić information content (AvgIpc) is 3.04. The van der Waals surface area contributed by atoms with Gasteiger partial charge in [0, 0.05) is 12.4 Å². The van der Waals surface area contributed by atoms with Crippen LogP contribution in [0.15, 0.2) is 53.9 Å². The van der Waals surface area contributed by atoms with Gasteiger partial charge in [0.2, 0.25) is 5.82 Å². The largest absolute Gasteiger partial charge is 0.473 e. The molecule has 0 N–H and O–H groups in total. The summed E-state index contributed by atoms with van der Waals surface area (Å²) < 4.78 is 5.65. The lowest BCUT2D eigenvalue weighted by atomic mass is 10.1. The number of ether oxygens (including phenoxy) is 1. The van der Waals surface area contributed by atoms with Crippen LogP contribution in [0.3, 0.4) is 0 Å². The van der Waals surface area contributed by atoms with Crippen LogP contribution in [0.2, 0.25) is 0 Å². The Morgan fingerprint density at radius 3 is 2.82 bits per heavy atom. The van der Waals surface area contributed by atoms with Crippen molar-refractivity contribution in [1.82, 2.24) is 19.9 Å². The average molecular weight is 291 g/mol. The molecule has 3 aromatic rings. The van der Waals surface area contributed by atoms with E-state index in [0.717, 1.165) is 6.42 Å². The topological polar surface area (TPSA) is 73.2 Å². The van der Waals surface area contributed by atoms with E-state index in [-0.39, 0.29) is 6.04 Å². The summed E-state index contributed by atoms with van der Waals surface area (Å²) in [5.74, 6) is 0.942. The Hall–Kier alpha value is -2.89. The van der Waals surface area contributed by atoms with Crippen molar-refractivity contribution in [2.75, 3.05) is 6.61 Å². The smallest absolute Gasteiger partial charge is 0.255 e. The zero-order valence-corrected chi connectivity index (χ0v) is 11.8. The van der Waals surface area contributed by atoms with Gasteiger partial charge in [-0.25, -0.2) is 24.9 Å². The first-order valence-electron chi connectivity index (χ1n) is 7.07. The van der Waals surface area contributed by atoms with E-state index in [4.69, 9.17) is 4.74 Å². The molecule has 0 radical (unpaired) electrons. The standard InChI is InChI=1S/C16H13N5O/c1-2-4-11(5-3-1)8-12-10-22-16(20-12)15-19-9-13-14(21-15)18-7-6-17-13/h1-7,9,12H,8,10H2. The Morgan fingerprint density at radius 1 is 1.05 bits per heavy atom. The molecular weight excluding hydrogens is 278 g/mol. The number of fused-ring (bicyclic) bond motifs is 1. The number of hydrogen-bond acceptors (Lipinski definition) is 6. The van der Waals surface area contributed by atoms with Gasteiger partial charge >= 0.3 is 0 Å². The van der Waals surface area contributed by atoms with Crippen molar-refractivity contribution in [1.29, 1.82) is 0 Å². The van der Waals surface area contributed by atoms with Crippen LogP contribution >= 0.6 is 0 Å². The third-order valence-electron chi connectivity index (χ3n) is 3.44. The quantitative estimate of drug-likeness (QED) is 0.735. The second-order valence-electron chi connectivity index (χ2n) is 5.05. The predicted octanol–water partition coefficient (Wildman–Crippen LogP) is 1.81. The van der Waals surface area contributed by atoms with Crippen LogP contribution in [-0.4, -0.2) is 38.5 Å². The number of benzene rings is 1. The molecule has 4 rings (SSSR count). The molecule has 0 saturated heterocycles. The Morgan fingerprint density at radius 2 is 1.91 bits per heavy atom. The van der Waals surface area contributed by atoms with Crippen LogP contribution in [-0.2, 0) is 11.2 Å². The van der Waals surface area contributed by atoms with Crippen LogP contribution in [0.5, 0.6) is 0 Å². The second-order valence-corrected chi connectivity index (χ2v) is 5.05. The first-order valence-corrected chi connectivity index (χ1v) is 7.07. The van der Waals surface area contributed by atoms with E-state index in [1.54, 1.807) is 18.6 Å². The summed E-state index contributed by atoms with van der Waals surface area (Å²) in [5, 5.41) is 0. The first kappa shape index (κ1) is 12.8. The van der Waals surface area contributed by atoms with Gasteiger partial charge in [0.15, 0.2) is 5.65 Å². The molecular formula is C16H13N5O. The molecule has 6 heteroatoms. The van der Waals surface area contributed by atoms with E-state index < -0.39 is 0 Å². The van der Waals surface area contributed by atoms with E-state index in [2.05, 4.69) is 37.1 Å². The van der Waals surface area contributed by atoms with Crippen LogP contribution in [0.4, 0.5) is 0 Å². The summed E-state index contributed by atoms with van der Waals surface area (Å²) >= 11 is 0. The molecule has 1 unspecified atom stereocenters. The minimum Gasteiger partial charge on any atom is -0.473 e. The number of nitrogens with zero attached hydrogens (tertiary/aromatic N) is 5. The summed E-state index contributed by atoms with van der Waals surface area (Å²) in [6, 6.07) is 10.3. The SMILES string of the molecule is c1ccc(CC2COC(c3ncc4nccnc4n3)=N2)cc1. The Labute approximate surface area is 127 Å². The van der Waals surface area contributed by atoms with Crippen molar-refractivity contribution < 1.29 is 4.74 Å². The Balaban J connectivity index is 1.58. The van der Waals surface area contributed by atoms with Crippen LogP contribution in [0.1, 0.15) is 11.4 Å². The number of rotatable bonds is 3. The highest BCUT2D eigenvalue weighted by Gasteiger charge is 2.22. The highest BCUT2D eigenvalue weighted by molar-refractivity contribution is 5.92. The molecule has 1 atom stereocenters. The van der Waals surface area contributed by atoms with Crippen molar-refractivity contribution in [3.05, 3.63) is 60.3 Å².